The maximum Gasteiger partial charge on any atom is 0.339 e. The lowest BCUT2D eigenvalue weighted by Crippen LogP contribution is -2.42. The van der Waals surface area contributed by atoms with Crippen molar-refractivity contribution in [3.05, 3.63) is 49.9 Å². The molecule has 0 saturated carbocycles. The molecule has 1 amide bonds. The SMILES string of the molecule is CCCCn1c(N)c(N(CCC(C)C)C(=O)c2ccc(C(=O)OCC)c(C)n2)c(=O)[nH]c1=O. The van der Waals surface area contributed by atoms with E-state index in [4.69, 9.17) is 10.5 Å². The van der Waals surface area contributed by atoms with Gasteiger partial charge in [0, 0.05) is 13.1 Å². The zero-order chi connectivity index (χ0) is 24.7. The zero-order valence-electron chi connectivity index (χ0n) is 19.9. The number of amides is 1. The summed E-state index contributed by atoms with van der Waals surface area (Å²) in [5.41, 5.74) is 5.46. The van der Waals surface area contributed by atoms with Gasteiger partial charge in [0.05, 0.1) is 17.9 Å². The van der Waals surface area contributed by atoms with Crippen molar-refractivity contribution in [1.29, 1.82) is 0 Å². The predicted molar refractivity (Wildman–Crippen MR) is 127 cm³/mol. The van der Waals surface area contributed by atoms with E-state index >= 15 is 0 Å². The number of pyridine rings is 1. The molecule has 0 aromatic carbocycles. The van der Waals surface area contributed by atoms with Gasteiger partial charge in [0.2, 0.25) is 0 Å². The number of anilines is 2. The Labute approximate surface area is 192 Å². The van der Waals surface area contributed by atoms with Crippen molar-refractivity contribution in [3.63, 3.8) is 0 Å². The molecule has 0 fully saturated rings. The van der Waals surface area contributed by atoms with Crippen LogP contribution in [0, 0.1) is 12.8 Å². The van der Waals surface area contributed by atoms with Crippen molar-refractivity contribution in [2.24, 2.45) is 5.92 Å². The van der Waals surface area contributed by atoms with Crippen LogP contribution in [0.4, 0.5) is 11.5 Å². The van der Waals surface area contributed by atoms with Crippen LogP contribution < -0.4 is 21.9 Å². The van der Waals surface area contributed by atoms with Crippen molar-refractivity contribution in [2.45, 2.75) is 60.4 Å². The molecule has 0 bridgehead atoms. The highest BCUT2D eigenvalue weighted by molar-refractivity contribution is 6.06. The molecule has 0 unspecified atom stereocenters. The number of nitrogens with zero attached hydrogens (tertiary/aromatic N) is 3. The number of aryl methyl sites for hydroxylation is 1. The second-order valence-corrected chi connectivity index (χ2v) is 8.19. The van der Waals surface area contributed by atoms with Crippen LogP contribution in [0.15, 0.2) is 21.7 Å². The van der Waals surface area contributed by atoms with Gasteiger partial charge < -0.3 is 10.5 Å². The Hall–Kier alpha value is -3.43. The molecule has 0 radical (unpaired) electrons. The molecule has 10 nitrogen and oxygen atoms in total. The smallest absolute Gasteiger partial charge is 0.339 e. The highest BCUT2D eigenvalue weighted by Crippen LogP contribution is 2.21. The fraction of sp³-hybridized carbons (Fsp3) is 0.522. The first-order chi connectivity index (χ1) is 15.6. The highest BCUT2D eigenvalue weighted by atomic mass is 16.5. The van der Waals surface area contributed by atoms with Crippen LogP contribution in [0.5, 0.6) is 0 Å². The summed E-state index contributed by atoms with van der Waals surface area (Å²) in [6.07, 6.45) is 2.11. The molecule has 2 aromatic heterocycles. The first-order valence-corrected chi connectivity index (χ1v) is 11.2. The summed E-state index contributed by atoms with van der Waals surface area (Å²) in [7, 11) is 0. The first kappa shape index (κ1) is 25.8. The van der Waals surface area contributed by atoms with Crippen LogP contribution in [-0.2, 0) is 11.3 Å². The number of ether oxygens (including phenoxy) is 1. The predicted octanol–water partition coefficient (Wildman–Crippen LogP) is 2.49. The van der Waals surface area contributed by atoms with Crippen LogP contribution in [0.1, 0.15) is 73.5 Å². The number of aromatic amines is 1. The monoisotopic (exact) mass is 459 g/mol. The summed E-state index contributed by atoms with van der Waals surface area (Å²) >= 11 is 0. The van der Waals surface area contributed by atoms with E-state index in [1.54, 1.807) is 13.8 Å². The van der Waals surface area contributed by atoms with Gasteiger partial charge in [-0.1, -0.05) is 27.2 Å². The lowest BCUT2D eigenvalue weighted by Gasteiger charge is -2.25. The standard InChI is InChI=1S/C23H33N5O5/c1-6-8-12-28-19(24)18(20(29)26-23(28)32)27(13-11-14(3)4)21(30)17-10-9-16(15(5)25-17)22(31)33-7-2/h9-10,14H,6-8,11-13,24H2,1-5H3,(H,26,29,32). The number of esters is 1. The molecule has 0 aliphatic rings. The van der Waals surface area contributed by atoms with E-state index in [0.717, 1.165) is 6.42 Å². The third kappa shape index (κ3) is 6.09. The maximum atomic E-state index is 13.5. The molecule has 33 heavy (non-hydrogen) atoms. The van der Waals surface area contributed by atoms with E-state index < -0.39 is 23.1 Å². The molecular weight excluding hydrogens is 426 g/mol. The Kier molecular flexibility index (Phi) is 8.95. The number of carbonyl (C=O) groups excluding carboxylic acids is 2. The molecule has 2 rings (SSSR count). The molecule has 0 spiro atoms. The molecular formula is C23H33N5O5. The Balaban J connectivity index is 2.57. The van der Waals surface area contributed by atoms with Gasteiger partial charge in [-0.2, -0.15) is 0 Å². The van der Waals surface area contributed by atoms with E-state index in [-0.39, 0.29) is 41.8 Å². The lowest BCUT2D eigenvalue weighted by molar-refractivity contribution is 0.0524. The molecule has 0 aliphatic heterocycles. The average Bonchev–Trinajstić information content (AvgIpc) is 2.75. The maximum absolute atomic E-state index is 13.5. The molecule has 2 aromatic rings. The number of carbonyl (C=O) groups is 2. The molecule has 10 heteroatoms. The number of nitrogens with one attached hydrogen (secondary N) is 1. The van der Waals surface area contributed by atoms with Crippen molar-refractivity contribution in [1.82, 2.24) is 14.5 Å². The largest absolute Gasteiger partial charge is 0.462 e. The zero-order valence-corrected chi connectivity index (χ0v) is 19.9. The first-order valence-electron chi connectivity index (χ1n) is 11.2. The van der Waals surface area contributed by atoms with E-state index in [2.05, 4.69) is 9.97 Å². The number of unbranched alkanes of at least 4 members (excludes halogenated alkanes) is 1. The van der Waals surface area contributed by atoms with Crippen LogP contribution in [0.2, 0.25) is 0 Å². The average molecular weight is 460 g/mol. The van der Waals surface area contributed by atoms with Crippen LogP contribution in [-0.4, -0.2) is 39.6 Å². The van der Waals surface area contributed by atoms with Gasteiger partial charge in [-0.3, -0.25) is 24.0 Å². The van der Waals surface area contributed by atoms with Gasteiger partial charge in [0.25, 0.3) is 11.5 Å². The second-order valence-electron chi connectivity index (χ2n) is 8.19. The lowest BCUT2D eigenvalue weighted by atomic mass is 10.1. The summed E-state index contributed by atoms with van der Waals surface area (Å²) in [6, 6.07) is 2.89. The highest BCUT2D eigenvalue weighted by Gasteiger charge is 2.27. The summed E-state index contributed by atoms with van der Waals surface area (Å²) in [5, 5.41) is 0. The Morgan fingerprint density at radius 3 is 2.52 bits per heavy atom. The molecule has 0 atom stereocenters. The van der Waals surface area contributed by atoms with Crippen molar-refractivity contribution < 1.29 is 14.3 Å². The number of H-pyrrole nitrogens is 1. The van der Waals surface area contributed by atoms with Crippen LogP contribution in [0.3, 0.4) is 0 Å². The number of rotatable bonds is 10. The summed E-state index contributed by atoms with van der Waals surface area (Å²) in [4.78, 5) is 58.5. The number of hydrogen-bond acceptors (Lipinski definition) is 7. The molecule has 0 aliphatic carbocycles. The molecule has 180 valence electrons. The third-order valence-electron chi connectivity index (χ3n) is 5.19. The minimum absolute atomic E-state index is 0.0504. The Morgan fingerprint density at radius 1 is 1.24 bits per heavy atom. The molecule has 2 heterocycles. The summed E-state index contributed by atoms with van der Waals surface area (Å²) in [6.45, 7) is 10.0. The number of nitrogens with two attached hydrogens (primary N) is 1. The quantitative estimate of drug-likeness (QED) is 0.520. The molecule has 3 N–H and O–H groups in total. The second kappa shape index (κ2) is 11.4. The Morgan fingerprint density at radius 2 is 1.94 bits per heavy atom. The van der Waals surface area contributed by atoms with Gasteiger partial charge in [0.15, 0.2) is 5.69 Å². The summed E-state index contributed by atoms with van der Waals surface area (Å²) in [5.74, 6) is -0.893. The minimum Gasteiger partial charge on any atom is -0.462 e. The Bertz CT molecular complexity index is 1120. The van der Waals surface area contributed by atoms with Gasteiger partial charge in [0.1, 0.15) is 11.5 Å². The van der Waals surface area contributed by atoms with Gasteiger partial charge in [-0.05, 0) is 44.7 Å². The van der Waals surface area contributed by atoms with Gasteiger partial charge in [-0.25, -0.2) is 14.6 Å². The number of hydrogen-bond donors (Lipinski definition) is 2. The van der Waals surface area contributed by atoms with E-state index in [0.29, 0.717) is 25.1 Å². The topological polar surface area (TPSA) is 140 Å². The van der Waals surface area contributed by atoms with E-state index in [1.807, 2.05) is 20.8 Å². The van der Waals surface area contributed by atoms with E-state index in [9.17, 15) is 19.2 Å². The van der Waals surface area contributed by atoms with Gasteiger partial charge >= 0.3 is 11.7 Å². The van der Waals surface area contributed by atoms with E-state index in [1.165, 1.54) is 21.6 Å². The normalized spacial score (nSPS) is 11.0. The fourth-order valence-corrected chi connectivity index (χ4v) is 3.32. The van der Waals surface area contributed by atoms with Crippen molar-refractivity contribution in [2.75, 3.05) is 23.8 Å². The van der Waals surface area contributed by atoms with Crippen molar-refractivity contribution in [3.8, 4) is 0 Å². The van der Waals surface area contributed by atoms with Crippen LogP contribution >= 0.6 is 0 Å². The summed E-state index contributed by atoms with van der Waals surface area (Å²) < 4.78 is 6.29. The number of nitrogen functional groups attached to an aromatic ring is 1. The third-order valence-corrected chi connectivity index (χ3v) is 5.19. The molecule has 0 saturated heterocycles. The van der Waals surface area contributed by atoms with Gasteiger partial charge in [-0.15, -0.1) is 0 Å². The fourth-order valence-electron chi connectivity index (χ4n) is 3.32. The minimum atomic E-state index is -0.734. The van der Waals surface area contributed by atoms with Crippen molar-refractivity contribution >= 4 is 23.4 Å². The van der Waals surface area contributed by atoms with Crippen LogP contribution in [0.25, 0.3) is 0 Å². The number of aromatic nitrogens is 3.